The molecule has 0 radical (unpaired) electrons. The first-order chi connectivity index (χ1) is 12.8. The Balaban J connectivity index is 1.83. The highest BCUT2D eigenvalue weighted by Gasteiger charge is 2.17. The summed E-state index contributed by atoms with van der Waals surface area (Å²) in [5, 5.41) is 2.93. The first kappa shape index (κ1) is 21.4. The number of anilines is 1. The standard InChI is InChI=1S/C20H25BrN2O3S/c1-16(17-7-4-3-5-8-17)15-22-20(24)9-6-14-23(27(2,25)26)19-12-10-18(21)11-13-19/h3-5,7-8,10-13,16H,6,9,14-15H2,1-2H3,(H,22,24)/t16-/m1/s1. The summed E-state index contributed by atoms with van der Waals surface area (Å²) in [6.07, 6.45) is 1.91. The van der Waals surface area contributed by atoms with Gasteiger partial charge in [-0.05, 0) is 42.2 Å². The van der Waals surface area contributed by atoms with Crippen LogP contribution in [-0.4, -0.2) is 33.7 Å². The van der Waals surface area contributed by atoms with Gasteiger partial charge in [-0.2, -0.15) is 0 Å². The van der Waals surface area contributed by atoms with Crippen LogP contribution >= 0.6 is 15.9 Å². The third-order valence-corrected chi connectivity index (χ3v) is 5.98. The lowest BCUT2D eigenvalue weighted by Crippen LogP contribution is -2.32. The van der Waals surface area contributed by atoms with Crippen molar-refractivity contribution in [2.24, 2.45) is 0 Å². The topological polar surface area (TPSA) is 66.5 Å². The van der Waals surface area contributed by atoms with E-state index in [1.807, 2.05) is 30.3 Å². The SMILES string of the molecule is C[C@H](CNC(=O)CCCN(c1ccc(Br)cc1)S(C)(=O)=O)c1ccccc1. The Labute approximate surface area is 170 Å². The van der Waals surface area contributed by atoms with Crippen LogP contribution in [0.4, 0.5) is 5.69 Å². The predicted molar refractivity (Wildman–Crippen MR) is 113 cm³/mol. The first-order valence-electron chi connectivity index (χ1n) is 8.82. The van der Waals surface area contributed by atoms with Crippen LogP contribution in [0.1, 0.15) is 31.2 Å². The molecular formula is C20H25BrN2O3S. The molecular weight excluding hydrogens is 428 g/mol. The summed E-state index contributed by atoms with van der Waals surface area (Å²) in [5.74, 6) is 0.160. The smallest absolute Gasteiger partial charge is 0.232 e. The van der Waals surface area contributed by atoms with Crippen LogP contribution in [0.25, 0.3) is 0 Å². The molecule has 2 rings (SSSR count). The molecule has 1 atom stereocenters. The van der Waals surface area contributed by atoms with Crippen molar-refractivity contribution in [1.82, 2.24) is 5.32 Å². The fourth-order valence-corrected chi connectivity index (χ4v) is 3.96. The number of nitrogens with one attached hydrogen (secondary N) is 1. The molecule has 0 saturated heterocycles. The van der Waals surface area contributed by atoms with Crippen molar-refractivity contribution in [3.8, 4) is 0 Å². The van der Waals surface area contributed by atoms with Gasteiger partial charge in [-0.1, -0.05) is 53.2 Å². The summed E-state index contributed by atoms with van der Waals surface area (Å²) in [7, 11) is -3.40. The molecule has 2 aromatic rings. The molecule has 1 amide bonds. The van der Waals surface area contributed by atoms with Gasteiger partial charge in [0.25, 0.3) is 0 Å². The summed E-state index contributed by atoms with van der Waals surface area (Å²) in [5.41, 5.74) is 1.77. The molecule has 0 aliphatic rings. The van der Waals surface area contributed by atoms with Crippen LogP contribution in [0.15, 0.2) is 59.1 Å². The quantitative estimate of drug-likeness (QED) is 0.626. The van der Waals surface area contributed by atoms with Gasteiger partial charge in [0, 0.05) is 24.0 Å². The average Bonchev–Trinajstić information content (AvgIpc) is 2.64. The lowest BCUT2D eigenvalue weighted by atomic mass is 10.0. The third-order valence-electron chi connectivity index (χ3n) is 4.25. The largest absolute Gasteiger partial charge is 0.356 e. The minimum atomic E-state index is -3.40. The van der Waals surface area contributed by atoms with Crippen molar-refractivity contribution in [2.45, 2.75) is 25.7 Å². The number of benzene rings is 2. The molecule has 7 heteroatoms. The van der Waals surface area contributed by atoms with E-state index in [1.54, 1.807) is 24.3 Å². The molecule has 0 aliphatic heterocycles. The second-order valence-electron chi connectivity index (χ2n) is 6.53. The van der Waals surface area contributed by atoms with E-state index in [2.05, 4.69) is 28.2 Å². The lowest BCUT2D eigenvalue weighted by Gasteiger charge is -2.22. The number of rotatable bonds is 9. The summed E-state index contributed by atoms with van der Waals surface area (Å²) in [6, 6.07) is 17.1. The van der Waals surface area contributed by atoms with E-state index in [0.717, 1.165) is 4.47 Å². The van der Waals surface area contributed by atoms with E-state index in [-0.39, 0.29) is 24.8 Å². The Morgan fingerprint density at radius 3 is 2.33 bits per heavy atom. The van der Waals surface area contributed by atoms with Gasteiger partial charge in [0.05, 0.1) is 11.9 Å². The van der Waals surface area contributed by atoms with E-state index in [4.69, 9.17) is 0 Å². The van der Waals surface area contributed by atoms with Crippen molar-refractivity contribution >= 4 is 37.5 Å². The number of nitrogens with zero attached hydrogens (tertiary/aromatic N) is 1. The van der Waals surface area contributed by atoms with Crippen molar-refractivity contribution in [3.05, 3.63) is 64.6 Å². The van der Waals surface area contributed by atoms with Crippen LogP contribution in [-0.2, 0) is 14.8 Å². The molecule has 0 aliphatic carbocycles. The van der Waals surface area contributed by atoms with Crippen LogP contribution in [0.3, 0.4) is 0 Å². The molecule has 5 nitrogen and oxygen atoms in total. The molecule has 146 valence electrons. The van der Waals surface area contributed by atoms with Gasteiger partial charge in [0.1, 0.15) is 0 Å². The molecule has 0 fully saturated rings. The van der Waals surface area contributed by atoms with E-state index in [1.165, 1.54) is 16.1 Å². The molecule has 0 aromatic heterocycles. The Hall–Kier alpha value is -1.86. The summed E-state index contributed by atoms with van der Waals surface area (Å²) in [4.78, 5) is 12.1. The molecule has 0 saturated carbocycles. The summed E-state index contributed by atoms with van der Waals surface area (Å²) >= 11 is 3.34. The molecule has 0 bridgehead atoms. The van der Waals surface area contributed by atoms with Gasteiger partial charge >= 0.3 is 0 Å². The van der Waals surface area contributed by atoms with Gasteiger partial charge in [-0.25, -0.2) is 8.42 Å². The normalized spacial score (nSPS) is 12.4. The van der Waals surface area contributed by atoms with E-state index >= 15 is 0 Å². The third kappa shape index (κ3) is 6.99. The molecule has 2 aromatic carbocycles. The van der Waals surface area contributed by atoms with Gasteiger partial charge in [-0.3, -0.25) is 9.10 Å². The van der Waals surface area contributed by atoms with Crippen LogP contribution in [0.5, 0.6) is 0 Å². The van der Waals surface area contributed by atoms with Crippen molar-refractivity contribution < 1.29 is 13.2 Å². The minimum absolute atomic E-state index is 0.0676. The number of amides is 1. The number of sulfonamides is 1. The minimum Gasteiger partial charge on any atom is -0.356 e. The maximum atomic E-state index is 12.1. The highest BCUT2D eigenvalue weighted by molar-refractivity contribution is 9.10. The highest BCUT2D eigenvalue weighted by atomic mass is 79.9. The maximum absolute atomic E-state index is 12.1. The predicted octanol–water partition coefficient (Wildman–Crippen LogP) is 3.92. The number of carbonyl (C=O) groups is 1. The lowest BCUT2D eigenvalue weighted by molar-refractivity contribution is -0.121. The zero-order valence-electron chi connectivity index (χ0n) is 15.6. The first-order valence-corrected chi connectivity index (χ1v) is 11.5. The monoisotopic (exact) mass is 452 g/mol. The molecule has 0 spiro atoms. The van der Waals surface area contributed by atoms with Crippen LogP contribution < -0.4 is 9.62 Å². The Morgan fingerprint density at radius 1 is 1.11 bits per heavy atom. The van der Waals surface area contributed by atoms with Gasteiger partial charge < -0.3 is 5.32 Å². The number of hydrogen-bond acceptors (Lipinski definition) is 3. The molecule has 1 N–H and O–H groups in total. The zero-order chi connectivity index (χ0) is 19.9. The second-order valence-corrected chi connectivity index (χ2v) is 9.35. The average molecular weight is 453 g/mol. The van der Waals surface area contributed by atoms with Gasteiger partial charge in [0.15, 0.2) is 0 Å². The Morgan fingerprint density at radius 2 is 1.74 bits per heavy atom. The summed E-state index contributed by atoms with van der Waals surface area (Å²) in [6.45, 7) is 2.89. The Kier molecular flexibility index (Phi) is 7.86. The van der Waals surface area contributed by atoms with E-state index in [9.17, 15) is 13.2 Å². The highest BCUT2D eigenvalue weighted by Crippen LogP contribution is 2.21. The number of halogens is 1. The van der Waals surface area contributed by atoms with Gasteiger partial charge in [0.2, 0.25) is 15.9 Å². The van der Waals surface area contributed by atoms with Crippen molar-refractivity contribution in [3.63, 3.8) is 0 Å². The number of carbonyl (C=O) groups excluding carboxylic acids is 1. The fraction of sp³-hybridized carbons (Fsp3) is 0.350. The van der Waals surface area contributed by atoms with E-state index in [0.29, 0.717) is 18.7 Å². The second kappa shape index (κ2) is 9.90. The zero-order valence-corrected chi connectivity index (χ0v) is 18.0. The van der Waals surface area contributed by atoms with E-state index < -0.39 is 10.0 Å². The number of hydrogen-bond donors (Lipinski definition) is 1. The van der Waals surface area contributed by atoms with Crippen LogP contribution in [0, 0.1) is 0 Å². The maximum Gasteiger partial charge on any atom is 0.232 e. The molecule has 0 unspecified atom stereocenters. The van der Waals surface area contributed by atoms with Crippen molar-refractivity contribution in [1.29, 1.82) is 0 Å². The molecule has 27 heavy (non-hydrogen) atoms. The molecule has 0 heterocycles. The fourth-order valence-electron chi connectivity index (χ4n) is 2.73. The van der Waals surface area contributed by atoms with Gasteiger partial charge in [-0.15, -0.1) is 0 Å². The Bertz CT molecular complexity index is 839. The summed E-state index contributed by atoms with van der Waals surface area (Å²) < 4.78 is 26.4. The van der Waals surface area contributed by atoms with Crippen LogP contribution in [0.2, 0.25) is 0 Å². The van der Waals surface area contributed by atoms with Crippen molar-refractivity contribution in [2.75, 3.05) is 23.7 Å².